The molecule has 0 bridgehead atoms. The van der Waals surface area contributed by atoms with Gasteiger partial charge < -0.3 is 0 Å². The summed E-state index contributed by atoms with van der Waals surface area (Å²) < 4.78 is 12.9. The van der Waals surface area contributed by atoms with E-state index in [1.54, 1.807) is 12.1 Å². The first-order valence-corrected chi connectivity index (χ1v) is 4.04. The highest BCUT2D eigenvalue weighted by molar-refractivity contribution is 6.18. The number of aryl methyl sites for hydroxylation is 1. The SMILES string of the molecule is Cc1ccc(C(F)CCl)cc1. The van der Waals surface area contributed by atoms with Gasteiger partial charge in [0.25, 0.3) is 0 Å². The van der Waals surface area contributed by atoms with E-state index in [9.17, 15) is 4.39 Å². The molecule has 60 valence electrons. The van der Waals surface area contributed by atoms with Crippen LogP contribution in [0.5, 0.6) is 0 Å². The molecule has 1 rings (SSSR count). The van der Waals surface area contributed by atoms with Crippen molar-refractivity contribution in [3.8, 4) is 0 Å². The van der Waals surface area contributed by atoms with Gasteiger partial charge in [-0.3, -0.25) is 0 Å². The van der Waals surface area contributed by atoms with Gasteiger partial charge in [0, 0.05) is 0 Å². The summed E-state index contributed by atoms with van der Waals surface area (Å²) in [4.78, 5) is 0. The van der Waals surface area contributed by atoms with E-state index < -0.39 is 6.17 Å². The van der Waals surface area contributed by atoms with Gasteiger partial charge in [-0.1, -0.05) is 29.8 Å². The zero-order valence-corrected chi connectivity index (χ0v) is 7.11. The Hall–Kier alpha value is -0.560. The van der Waals surface area contributed by atoms with E-state index in [2.05, 4.69) is 0 Å². The van der Waals surface area contributed by atoms with Crippen molar-refractivity contribution in [2.24, 2.45) is 0 Å². The summed E-state index contributed by atoms with van der Waals surface area (Å²) in [5.74, 6) is 0.0308. The van der Waals surface area contributed by atoms with Crippen LogP contribution in [0, 0.1) is 6.92 Å². The summed E-state index contributed by atoms with van der Waals surface area (Å²) in [6.07, 6.45) is -1.03. The summed E-state index contributed by atoms with van der Waals surface area (Å²) in [5, 5.41) is 0. The molecule has 0 fully saturated rings. The van der Waals surface area contributed by atoms with Crippen LogP contribution in [0.25, 0.3) is 0 Å². The number of hydrogen-bond acceptors (Lipinski definition) is 0. The Bertz CT molecular complexity index is 218. The van der Waals surface area contributed by atoms with Gasteiger partial charge in [-0.2, -0.15) is 0 Å². The molecule has 0 N–H and O–H groups in total. The molecule has 0 nitrogen and oxygen atoms in total. The van der Waals surface area contributed by atoms with Gasteiger partial charge in [0.1, 0.15) is 6.17 Å². The molecule has 2 heteroatoms. The summed E-state index contributed by atoms with van der Waals surface area (Å²) in [6, 6.07) is 7.30. The first-order valence-electron chi connectivity index (χ1n) is 3.50. The zero-order valence-electron chi connectivity index (χ0n) is 6.35. The Labute approximate surface area is 71.0 Å². The van der Waals surface area contributed by atoms with E-state index in [0.717, 1.165) is 5.56 Å². The molecular formula is C9H10ClF. The van der Waals surface area contributed by atoms with E-state index in [1.807, 2.05) is 19.1 Å². The molecule has 0 saturated heterocycles. The quantitative estimate of drug-likeness (QED) is 0.601. The van der Waals surface area contributed by atoms with E-state index >= 15 is 0 Å². The van der Waals surface area contributed by atoms with Crippen molar-refractivity contribution in [1.82, 2.24) is 0 Å². The normalized spacial score (nSPS) is 13.0. The molecule has 0 aromatic heterocycles. The highest BCUT2D eigenvalue weighted by atomic mass is 35.5. The summed E-state index contributed by atoms with van der Waals surface area (Å²) >= 11 is 5.35. The van der Waals surface area contributed by atoms with Crippen LogP contribution in [0.1, 0.15) is 17.3 Å². The fourth-order valence-electron chi connectivity index (χ4n) is 0.864. The molecule has 1 unspecified atom stereocenters. The average molecular weight is 173 g/mol. The molecule has 0 aliphatic rings. The predicted octanol–water partition coefficient (Wildman–Crippen LogP) is 3.24. The van der Waals surface area contributed by atoms with Crippen molar-refractivity contribution in [2.75, 3.05) is 5.88 Å². The smallest absolute Gasteiger partial charge is 0.139 e. The van der Waals surface area contributed by atoms with E-state index in [-0.39, 0.29) is 5.88 Å². The Morgan fingerprint density at radius 2 is 1.91 bits per heavy atom. The molecule has 1 aromatic carbocycles. The second-order valence-electron chi connectivity index (χ2n) is 2.53. The maximum absolute atomic E-state index is 12.9. The minimum atomic E-state index is -1.03. The van der Waals surface area contributed by atoms with Crippen molar-refractivity contribution in [2.45, 2.75) is 13.1 Å². The topological polar surface area (TPSA) is 0 Å². The monoisotopic (exact) mass is 172 g/mol. The lowest BCUT2D eigenvalue weighted by Crippen LogP contribution is -1.91. The lowest BCUT2D eigenvalue weighted by Gasteiger charge is -2.03. The third kappa shape index (κ3) is 2.19. The lowest BCUT2D eigenvalue weighted by molar-refractivity contribution is 0.378. The number of alkyl halides is 2. The number of rotatable bonds is 2. The molecule has 0 spiro atoms. The summed E-state index contributed by atoms with van der Waals surface area (Å²) in [5.41, 5.74) is 1.79. The molecule has 0 radical (unpaired) electrons. The van der Waals surface area contributed by atoms with E-state index in [4.69, 9.17) is 11.6 Å². The summed E-state index contributed by atoms with van der Waals surface area (Å²) in [6.45, 7) is 1.97. The van der Waals surface area contributed by atoms with Crippen molar-refractivity contribution < 1.29 is 4.39 Å². The molecule has 1 atom stereocenters. The number of halogens is 2. The fourth-order valence-corrected chi connectivity index (χ4v) is 1.04. The standard InChI is InChI=1S/C9H10ClF/c1-7-2-4-8(5-3-7)9(11)6-10/h2-5,9H,6H2,1H3. The third-order valence-corrected chi connectivity index (χ3v) is 1.85. The Morgan fingerprint density at radius 3 is 2.36 bits per heavy atom. The Morgan fingerprint density at radius 1 is 1.36 bits per heavy atom. The maximum atomic E-state index is 12.9. The average Bonchev–Trinajstić information content (AvgIpc) is 2.05. The van der Waals surface area contributed by atoms with Crippen LogP contribution < -0.4 is 0 Å². The molecule has 0 aliphatic heterocycles. The predicted molar refractivity (Wildman–Crippen MR) is 45.7 cm³/mol. The third-order valence-electron chi connectivity index (χ3n) is 1.57. The van der Waals surface area contributed by atoms with Crippen LogP contribution >= 0.6 is 11.6 Å². The summed E-state index contributed by atoms with van der Waals surface area (Å²) in [7, 11) is 0. The van der Waals surface area contributed by atoms with E-state index in [1.165, 1.54) is 0 Å². The van der Waals surface area contributed by atoms with Crippen LogP contribution in [0.3, 0.4) is 0 Å². The fraction of sp³-hybridized carbons (Fsp3) is 0.333. The van der Waals surface area contributed by atoms with Crippen molar-refractivity contribution >= 4 is 11.6 Å². The highest BCUT2D eigenvalue weighted by Crippen LogP contribution is 2.18. The van der Waals surface area contributed by atoms with Crippen molar-refractivity contribution in [1.29, 1.82) is 0 Å². The van der Waals surface area contributed by atoms with Gasteiger partial charge in [0.05, 0.1) is 5.88 Å². The molecule has 0 amide bonds. The minimum Gasteiger partial charge on any atom is -0.241 e. The van der Waals surface area contributed by atoms with Gasteiger partial charge in [0.2, 0.25) is 0 Å². The van der Waals surface area contributed by atoms with Crippen LogP contribution in [-0.2, 0) is 0 Å². The Balaban J connectivity index is 2.81. The Kier molecular flexibility index (Phi) is 2.89. The maximum Gasteiger partial charge on any atom is 0.139 e. The minimum absolute atomic E-state index is 0.0308. The first kappa shape index (κ1) is 8.54. The highest BCUT2D eigenvalue weighted by Gasteiger charge is 2.05. The molecule has 0 aliphatic carbocycles. The second kappa shape index (κ2) is 3.72. The van der Waals surface area contributed by atoms with Crippen LogP contribution in [0.4, 0.5) is 4.39 Å². The second-order valence-corrected chi connectivity index (χ2v) is 2.84. The number of benzene rings is 1. The van der Waals surface area contributed by atoms with Gasteiger partial charge in [0.15, 0.2) is 0 Å². The largest absolute Gasteiger partial charge is 0.241 e. The zero-order chi connectivity index (χ0) is 8.27. The molecule has 11 heavy (non-hydrogen) atoms. The van der Waals surface area contributed by atoms with Gasteiger partial charge in [-0.15, -0.1) is 11.6 Å². The van der Waals surface area contributed by atoms with Crippen LogP contribution in [0.2, 0.25) is 0 Å². The first-order chi connectivity index (χ1) is 5.24. The van der Waals surface area contributed by atoms with Crippen LogP contribution in [-0.4, -0.2) is 5.88 Å². The lowest BCUT2D eigenvalue weighted by atomic mass is 10.1. The van der Waals surface area contributed by atoms with Crippen molar-refractivity contribution in [3.05, 3.63) is 35.4 Å². The van der Waals surface area contributed by atoms with Gasteiger partial charge >= 0.3 is 0 Å². The van der Waals surface area contributed by atoms with Crippen molar-refractivity contribution in [3.63, 3.8) is 0 Å². The van der Waals surface area contributed by atoms with Gasteiger partial charge in [-0.25, -0.2) is 4.39 Å². The van der Waals surface area contributed by atoms with Gasteiger partial charge in [-0.05, 0) is 12.5 Å². The van der Waals surface area contributed by atoms with E-state index in [0.29, 0.717) is 5.56 Å². The number of hydrogen-bond donors (Lipinski definition) is 0. The molecule has 0 heterocycles. The molecule has 1 aromatic rings. The van der Waals surface area contributed by atoms with Crippen LogP contribution in [0.15, 0.2) is 24.3 Å². The molecular weight excluding hydrogens is 163 g/mol. The molecule has 0 saturated carbocycles.